The first kappa shape index (κ1) is 16.2. The lowest BCUT2D eigenvalue weighted by Crippen LogP contribution is -2.36. The second-order valence-electron chi connectivity index (χ2n) is 6.07. The van der Waals surface area contributed by atoms with E-state index in [0.717, 1.165) is 63.6 Å². The average Bonchev–Trinajstić information content (AvgIpc) is 3.13. The Bertz CT molecular complexity index is 512. The summed E-state index contributed by atoms with van der Waals surface area (Å²) in [6.45, 7) is 4.60. The maximum atomic E-state index is 12.0. The normalized spacial score (nSPS) is 21.4. The summed E-state index contributed by atoms with van der Waals surface area (Å²) in [6.07, 6.45) is 5.63. The van der Waals surface area contributed by atoms with Gasteiger partial charge in [0, 0.05) is 38.9 Å². The molecule has 3 rings (SSSR count). The Morgan fingerprint density at radius 2 is 2.22 bits per heavy atom. The van der Waals surface area contributed by atoms with Gasteiger partial charge in [-0.3, -0.25) is 4.79 Å². The fourth-order valence-corrected chi connectivity index (χ4v) is 2.99. The molecule has 2 aliphatic heterocycles. The summed E-state index contributed by atoms with van der Waals surface area (Å²) in [5, 5.41) is 2.99. The number of nitrogens with one attached hydrogen (secondary N) is 1. The third kappa shape index (κ3) is 4.91. The Hall–Kier alpha value is -1.66. The molecule has 2 fully saturated rings. The molecule has 23 heavy (non-hydrogen) atoms. The van der Waals surface area contributed by atoms with Gasteiger partial charge in [-0.15, -0.1) is 0 Å². The maximum absolute atomic E-state index is 12.0. The minimum Gasteiger partial charge on any atom is -0.378 e. The van der Waals surface area contributed by atoms with Crippen molar-refractivity contribution in [3.63, 3.8) is 0 Å². The summed E-state index contributed by atoms with van der Waals surface area (Å²) >= 11 is 0. The van der Waals surface area contributed by atoms with Crippen molar-refractivity contribution in [3.05, 3.63) is 23.9 Å². The molecule has 1 atom stereocenters. The van der Waals surface area contributed by atoms with Crippen LogP contribution in [0.2, 0.25) is 0 Å². The Balaban J connectivity index is 1.44. The van der Waals surface area contributed by atoms with E-state index >= 15 is 0 Å². The lowest BCUT2D eigenvalue weighted by molar-refractivity contribution is -0.121. The van der Waals surface area contributed by atoms with E-state index in [9.17, 15) is 4.79 Å². The van der Waals surface area contributed by atoms with E-state index in [4.69, 9.17) is 9.47 Å². The highest BCUT2D eigenvalue weighted by atomic mass is 16.5. The highest BCUT2D eigenvalue weighted by Gasteiger charge is 2.17. The van der Waals surface area contributed by atoms with Gasteiger partial charge in [0.25, 0.3) is 0 Å². The molecule has 1 aromatic heterocycles. The predicted octanol–water partition coefficient (Wildman–Crippen LogP) is 1.49. The first-order chi connectivity index (χ1) is 11.3. The van der Waals surface area contributed by atoms with E-state index in [2.05, 4.69) is 15.2 Å². The second-order valence-corrected chi connectivity index (χ2v) is 6.07. The fourth-order valence-electron chi connectivity index (χ4n) is 2.99. The summed E-state index contributed by atoms with van der Waals surface area (Å²) in [7, 11) is 0. The van der Waals surface area contributed by atoms with Gasteiger partial charge < -0.3 is 19.7 Å². The summed E-state index contributed by atoms with van der Waals surface area (Å²) in [5.74, 6) is 1.05. The van der Waals surface area contributed by atoms with E-state index in [1.54, 1.807) is 6.20 Å². The lowest BCUT2D eigenvalue weighted by Gasteiger charge is -2.28. The number of morpholine rings is 1. The van der Waals surface area contributed by atoms with Crippen molar-refractivity contribution in [3.8, 4) is 0 Å². The monoisotopic (exact) mass is 319 g/mol. The van der Waals surface area contributed by atoms with Crippen LogP contribution in [0.3, 0.4) is 0 Å². The van der Waals surface area contributed by atoms with Gasteiger partial charge >= 0.3 is 0 Å². The number of hydrogen-bond acceptors (Lipinski definition) is 5. The van der Waals surface area contributed by atoms with Crippen LogP contribution in [-0.4, -0.2) is 49.9 Å². The van der Waals surface area contributed by atoms with Crippen LogP contribution in [-0.2, 0) is 20.8 Å². The van der Waals surface area contributed by atoms with E-state index in [1.165, 1.54) is 0 Å². The van der Waals surface area contributed by atoms with Crippen molar-refractivity contribution in [2.75, 3.05) is 37.8 Å². The van der Waals surface area contributed by atoms with E-state index in [1.807, 2.05) is 12.1 Å². The zero-order valence-electron chi connectivity index (χ0n) is 13.5. The number of rotatable bonds is 6. The molecule has 3 heterocycles. The average molecular weight is 319 g/mol. The number of carbonyl (C=O) groups excluding carboxylic acids is 1. The fraction of sp³-hybridized carbons (Fsp3) is 0.647. The maximum Gasteiger partial charge on any atom is 0.220 e. The molecular formula is C17H25N3O3. The standard InChI is InChI=1S/C17H25N3O3/c21-17(4-3-15-2-1-9-23-15)19-13-14-5-6-18-16(12-14)20-7-10-22-11-8-20/h5-6,12,15H,1-4,7-11,13H2,(H,19,21)/t15-/m0/s1. The number of nitrogens with zero attached hydrogens (tertiary/aromatic N) is 2. The summed E-state index contributed by atoms with van der Waals surface area (Å²) in [5.41, 5.74) is 1.08. The lowest BCUT2D eigenvalue weighted by atomic mass is 10.1. The van der Waals surface area contributed by atoms with Crippen LogP contribution < -0.4 is 10.2 Å². The molecule has 0 bridgehead atoms. The molecule has 0 unspecified atom stereocenters. The number of pyridine rings is 1. The SMILES string of the molecule is O=C(CC[C@@H]1CCCO1)NCc1ccnc(N2CCOCC2)c1. The molecule has 1 N–H and O–H groups in total. The Labute approximate surface area is 137 Å². The minimum absolute atomic E-state index is 0.0882. The van der Waals surface area contributed by atoms with Crippen LogP contribution in [0.25, 0.3) is 0 Å². The predicted molar refractivity (Wildman–Crippen MR) is 87.3 cm³/mol. The van der Waals surface area contributed by atoms with Crippen LogP contribution in [0.1, 0.15) is 31.2 Å². The van der Waals surface area contributed by atoms with Crippen LogP contribution in [0.4, 0.5) is 5.82 Å². The molecule has 6 heteroatoms. The number of anilines is 1. The molecule has 6 nitrogen and oxygen atoms in total. The molecule has 2 saturated heterocycles. The van der Waals surface area contributed by atoms with E-state index in [0.29, 0.717) is 13.0 Å². The highest BCUT2D eigenvalue weighted by molar-refractivity contribution is 5.75. The molecular weight excluding hydrogens is 294 g/mol. The Morgan fingerprint density at radius 3 is 3.00 bits per heavy atom. The van der Waals surface area contributed by atoms with Crippen molar-refractivity contribution >= 4 is 11.7 Å². The number of amides is 1. The zero-order valence-corrected chi connectivity index (χ0v) is 13.5. The first-order valence-electron chi connectivity index (χ1n) is 8.47. The van der Waals surface area contributed by atoms with E-state index < -0.39 is 0 Å². The van der Waals surface area contributed by atoms with Crippen molar-refractivity contribution < 1.29 is 14.3 Å². The van der Waals surface area contributed by atoms with Gasteiger partial charge in [-0.25, -0.2) is 4.98 Å². The van der Waals surface area contributed by atoms with Gasteiger partial charge in [0.15, 0.2) is 0 Å². The van der Waals surface area contributed by atoms with E-state index in [-0.39, 0.29) is 12.0 Å². The molecule has 126 valence electrons. The van der Waals surface area contributed by atoms with Crippen LogP contribution in [0.5, 0.6) is 0 Å². The van der Waals surface area contributed by atoms with Gasteiger partial charge in [-0.1, -0.05) is 0 Å². The molecule has 0 spiro atoms. The number of hydrogen-bond donors (Lipinski definition) is 1. The highest BCUT2D eigenvalue weighted by Crippen LogP contribution is 2.17. The van der Waals surface area contributed by atoms with Crippen LogP contribution >= 0.6 is 0 Å². The van der Waals surface area contributed by atoms with Gasteiger partial charge in [0.05, 0.1) is 19.3 Å². The van der Waals surface area contributed by atoms with Crippen molar-refractivity contribution in [2.24, 2.45) is 0 Å². The molecule has 0 aliphatic carbocycles. The largest absolute Gasteiger partial charge is 0.378 e. The van der Waals surface area contributed by atoms with Crippen LogP contribution in [0, 0.1) is 0 Å². The topological polar surface area (TPSA) is 63.7 Å². The summed E-state index contributed by atoms with van der Waals surface area (Å²) < 4.78 is 10.9. The third-order valence-corrected chi connectivity index (χ3v) is 4.35. The first-order valence-corrected chi connectivity index (χ1v) is 8.47. The zero-order chi connectivity index (χ0) is 15.9. The number of carbonyl (C=O) groups is 1. The summed E-state index contributed by atoms with van der Waals surface area (Å²) in [4.78, 5) is 18.6. The van der Waals surface area contributed by atoms with Crippen LogP contribution in [0.15, 0.2) is 18.3 Å². The van der Waals surface area contributed by atoms with Gasteiger partial charge in [-0.2, -0.15) is 0 Å². The molecule has 0 radical (unpaired) electrons. The number of aromatic nitrogens is 1. The third-order valence-electron chi connectivity index (χ3n) is 4.35. The second kappa shape index (κ2) is 8.26. The van der Waals surface area contributed by atoms with Gasteiger partial charge in [-0.05, 0) is 37.0 Å². The molecule has 1 aromatic rings. The Morgan fingerprint density at radius 1 is 1.35 bits per heavy atom. The van der Waals surface area contributed by atoms with Crippen molar-refractivity contribution in [1.29, 1.82) is 0 Å². The molecule has 1 amide bonds. The number of ether oxygens (including phenoxy) is 2. The minimum atomic E-state index is 0.0882. The Kier molecular flexibility index (Phi) is 5.82. The van der Waals surface area contributed by atoms with Gasteiger partial charge in [0.2, 0.25) is 5.91 Å². The quantitative estimate of drug-likeness (QED) is 0.861. The molecule has 0 aromatic carbocycles. The molecule has 0 saturated carbocycles. The smallest absolute Gasteiger partial charge is 0.220 e. The molecule has 2 aliphatic rings. The van der Waals surface area contributed by atoms with Gasteiger partial charge in [0.1, 0.15) is 5.82 Å². The summed E-state index contributed by atoms with van der Waals surface area (Å²) in [6, 6.07) is 4.00. The van der Waals surface area contributed by atoms with Crippen molar-refractivity contribution in [1.82, 2.24) is 10.3 Å². The van der Waals surface area contributed by atoms with Crippen molar-refractivity contribution in [2.45, 2.75) is 38.3 Å².